The highest BCUT2D eigenvalue weighted by molar-refractivity contribution is 5.77. The van der Waals surface area contributed by atoms with Crippen molar-refractivity contribution in [3.8, 4) is 34.1 Å². The normalized spacial score (nSPS) is 13.8. The molecule has 0 fully saturated rings. The minimum Gasteiger partial charge on any atom is -0.493 e. The molecule has 0 bridgehead atoms. The number of hydrogen-bond donors (Lipinski definition) is 0. The molecule has 0 saturated heterocycles. The molecule has 0 spiro atoms. The lowest BCUT2D eigenvalue weighted by atomic mass is 9.99. The van der Waals surface area contributed by atoms with Crippen LogP contribution in [0, 0.1) is 0 Å². The van der Waals surface area contributed by atoms with Crippen LogP contribution < -0.4 is 18.9 Å². The van der Waals surface area contributed by atoms with E-state index in [2.05, 4.69) is 49.1 Å². The highest BCUT2D eigenvalue weighted by Crippen LogP contribution is 2.43. The topological polar surface area (TPSA) is 40.2 Å². The smallest absolute Gasteiger partial charge is 0.168 e. The molecule has 1 heterocycles. The second-order valence-corrected chi connectivity index (χ2v) is 8.66. The monoisotopic (exact) mass is 447 g/mol. The maximum absolute atomic E-state index is 6.16. The fraction of sp³-hybridized carbons (Fsp3) is 0.357. The van der Waals surface area contributed by atoms with Crippen molar-refractivity contribution in [2.24, 2.45) is 0 Å². The highest BCUT2D eigenvalue weighted by atomic mass is 16.5. The van der Waals surface area contributed by atoms with E-state index in [4.69, 9.17) is 18.9 Å². The Bertz CT molecular complexity index is 1090. The zero-order valence-electron chi connectivity index (χ0n) is 20.2. The first-order chi connectivity index (χ1) is 16.0. The van der Waals surface area contributed by atoms with Gasteiger partial charge >= 0.3 is 0 Å². The van der Waals surface area contributed by atoms with Gasteiger partial charge in [-0.05, 0) is 40.8 Å². The van der Waals surface area contributed by atoms with Gasteiger partial charge in [-0.3, -0.25) is 4.90 Å². The van der Waals surface area contributed by atoms with Crippen molar-refractivity contribution in [3.63, 3.8) is 0 Å². The average molecular weight is 448 g/mol. The molecule has 0 unspecified atom stereocenters. The molecule has 0 atom stereocenters. The van der Waals surface area contributed by atoms with Crippen LogP contribution in [0.3, 0.4) is 0 Å². The first-order valence-electron chi connectivity index (χ1n) is 11.4. The molecular formula is C28H33NO4. The number of ether oxygens (including phenoxy) is 4. The van der Waals surface area contributed by atoms with Crippen LogP contribution in [0.1, 0.15) is 36.5 Å². The van der Waals surface area contributed by atoms with E-state index in [0.717, 1.165) is 47.8 Å². The number of fused-ring (bicyclic) bond motifs is 1. The molecule has 0 aliphatic carbocycles. The third kappa shape index (κ3) is 4.93. The molecule has 0 radical (unpaired) electrons. The Kier molecular flexibility index (Phi) is 7.09. The lowest BCUT2D eigenvalue weighted by Crippen LogP contribution is -2.25. The summed E-state index contributed by atoms with van der Waals surface area (Å²) < 4.78 is 23.1. The summed E-state index contributed by atoms with van der Waals surface area (Å²) in [7, 11) is 5.00. The van der Waals surface area contributed by atoms with Crippen LogP contribution in [0.2, 0.25) is 0 Å². The van der Waals surface area contributed by atoms with Gasteiger partial charge in [0.2, 0.25) is 0 Å². The van der Waals surface area contributed by atoms with Crippen molar-refractivity contribution in [1.29, 1.82) is 0 Å². The van der Waals surface area contributed by atoms with Crippen LogP contribution in [-0.4, -0.2) is 39.4 Å². The third-order valence-electron chi connectivity index (χ3n) is 6.17. The summed E-state index contributed by atoms with van der Waals surface area (Å²) in [5.41, 5.74) is 5.74. The van der Waals surface area contributed by atoms with Crippen molar-refractivity contribution >= 4 is 0 Å². The molecule has 0 amide bonds. The Labute approximate surface area is 196 Å². The summed E-state index contributed by atoms with van der Waals surface area (Å²) in [6.45, 7) is 7.56. The van der Waals surface area contributed by atoms with E-state index < -0.39 is 0 Å². The Morgan fingerprint density at radius 1 is 0.909 bits per heavy atom. The predicted molar refractivity (Wildman–Crippen MR) is 132 cm³/mol. The Hall–Kier alpha value is -3.18. The fourth-order valence-electron chi connectivity index (χ4n) is 4.36. The summed E-state index contributed by atoms with van der Waals surface area (Å²) in [5.74, 6) is 3.50. The quantitative estimate of drug-likeness (QED) is 0.451. The summed E-state index contributed by atoms with van der Waals surface area (Å²) in [5, 5.41) is 0. The van der Waals surface area contributed by atoms with Gasteiger partial charge in [-0.15, -0.1) is 0 Å². The van der Waals surface area contributed by atoms with Crippen LogP contribution in [0.4, 0.5) is 0 Å². The minimum absolute atomic E-state index is 0.539. The van der Waals surface area contributed by atoms with E-state index in [0.29, 0.717) is 24.0 Å². The first-order valence-corrected chi connectivity index (χ1v) is 11.4. The van der Waals surface area contributed by atoms with Gasteiger partial charge in [-0.2, -0.15) is 0 Å². The highest BCUT2D eigenvalue weighted by Gasteiger charge is 2.22. The Morgan fingerprint density at radius 3 is 2.33 bits per heavy atom. The van der Waals surface area contributed by atoms with Crippen LogP contribution in [0.25, 0.3) is 11.1 Å². The zero-order valence-corrected chi connectivity index (χ0v) is 20.2. The number of hydrogen-bond acceptors (Lipinski definition) is 5. The molecule has 3 aromatic carbocycles. The van der Waals surface area contributed by atoms with Gasteiger partial charge in [-0.25, -0.2) is 0 Å². The van der Waals surface area contributed by atoms with Crippen LogP contribution in [-0.2, 0) is 13.1 Å². The predicted octanol–water partition coefficient (Wildman–Crippen LogP) is 5.90. The molecule has 3 aromatic rings. The molecule has 4 rings (SSSR count). The average Bonchev–Trinajstić information content (AvgIpc) is 3.04. The van der Waals surface area contributed by atoms with E-state index in [1.54, 1.807) is 21.3 Å². The SMILES string of the molecule is COc1cc(-c2cccc(OC)c2OC)cc2c1OCCN(Cc1ccc(C(C)C)cc1)C2. The maximum atomic E-state index is 6.16. The van der Waals surface area contributed by atoms with E-state index >= 15 is 0 Å². The van der Waals surface area contributed by atoms with Crippen LogP contribution >= 0.6 is 0 Å². The molecule has 1 aliphatic rings. The molecule has 174 valence electrons. The summed E-state index contributed by atoms with van der Waals surface area (Å²) >= 11 is 0. The summed E-state index contributed by atoms with van der Waals surface area (Å²) in [6, 6.07) is 19.0. The summed E-state index contributed by atoms with van der Waals surface area (Å²) in [4.78, 5) is 2.42. The van der Waals surface area contributed by atoms with Crippen molar-refractivity contribution in [2.75, 3.05) is 34.5 Å². The van der Waals surface area contributed by atoms with Gasteiger partial charge < -0.3 is 18.9 Å². The van der Waals surface area contributed by atoms with E-state index in [9.17, 15) is 0 Å². The minimum atomic E-state index is 0.539. The van der Waals surface area contributed by atoms with Gasteiger partial charge in [0.15, 0.2) is 23.0 Å². The van der Waals surface area contributed by atoms with Gasteiger partial charge in [0.25, 0.3) is 0 Å². The van der Waals surface area contributed by atoms with Crippen molar-refractivity contribution in [1.82, 2.24) is 4.90 Å². The van der Waals surface area contributed by atoms with Gasteiger partial charge in [-0.1, -0.05) is 50.2 Å². The third-order valence-corrected chi connectivity index (χ3v) is 6.17. The van der Waals surface area contributed by atoms with Gasteiger partial charge in [0.1, 0.15) is 6.61 Å². The number of methoxy groups -OCH3 is 3. The molecule has 0 saturated carbocycles. The Morgan fingerprint density at radius 2 is 1.67 bits per heavy atom. The van der Waals surface area contributed by atoms with Crippen molar-refractivity contribution < 1.29 is 18.9 Å². The van der Waals surface area contributed by atoms with Crippen LogP contribution in [0.15, 0.2) is 54.6 Å². The lowest BCUT2D eigenvalue weighted by molar-refractivity contribution is 0.217. The lowest BCUT2D eigenvalue weighted by Gasteiger charge is -2.20. The summed E-state index contributed by atoms with van der Waals surface area (Å²) in [6.07, 6.45) is 0. The second kappa shape index (κ2) is 10.2. The molecule has 0 aromatic heterocycles. The number of benzene rings is 3. The maximum Gasteiger partial charge on any atom is 0.168 e. The number of para-hydroxylation sites is 1. The zero-order chi connectivity index (χ0) is 23.4. The molecule has 5 heteroatoms. The molecule has 5 nitrogen and oxygen atoms in total. The van der Waals surface area contributed by atoms with Crippen molar-refractivity contribution in [2.45, 2.75) is 32.9 Å². The van der Waals surface area contributed by atoms with E-state index in [-0.39, 0.29) is 0 Å². The molecule has 1 aliphatic heterocycles. The number of nitrogens with zero attached hydrogens (tertiary/aromatic N) is 1. The fourth-order valence-corrected chi connectivity index (χ4v) is 4.36. The van der Waals surface area contributed by atoms with E-state index in [1.165, 1.54) is 11.1 Å². The molecule has 0 N–H and O–H groups in total. The van der Waals surface area contributed by atoms with E-state index in [1.807, 2.05) is 24.3 Å². The largest absolute Gasteiger partial charge is 0.493 e. The Balaban J connectivity index is 1.67. The molecule has 33 heavy (non-hydrogen) atoms. The molecular weight excluding hydrogens is 414 g/mol. The standard InChI is InChI=1S/C28H33NO4/c1-19(2)21-11-9-20(10-12-21)17-29-13-14-33-27-23(18-29)15-22(16-26(27)31-4)24-7-6-8-25(30-3)28(24)32-5/h6-12,15-16,19H,13-14,17-18H2,1-5H3. The first kappa shape index (κ1) is 23.0. The van der Waals surface area contributed by atoms with Gasteiger partial charge in [0.05, 0.1) is 21.3 Å². The second-order valence-electron chi connectivity index (χ2n) is 8.66. The van der Waals surface area contributed by atoms with Crippen molar-refractivity contribution in [3.05, 3.63) is 71.3 Å². The number of rotatable bonds is 7. The van der Waals surface area contributed by atoms with Crippen LogP contribution in [0.5, 0.6) is 23.0 Å². The van der Waals surface area contributed by atoms with Gasteiger partial charge in [0, 0.05) is 30.8 Å².